The third-order valence-corrected chi connectivity index (χ3v) is 11.3. The second-order valence-corrected chi connectivity index (χ2v) is 13.5. The molecule has 0 amide bonds. The zero-order chi connectivity index (χ0) is 24.2. The van der Waals surface area contributed by atoms with E-state index in [0.717, 1.165) is 48.5 Å². The van der Waals surface area contributed by atoms with Crippen LogP contribution in [0, 0.1) is 46.3 Å². The van der Waals surface area contributed by atoms with Gasteiger partial charge in [0.2, 0.25) is 0 Å². The Balaban J connectivity index is 1.52. The normalized spacial score (nSPS) is 45.8. The number of carbonyl (C=O) groups is 1. The summed E-state index contributed by atoms with van der Waals surface area (Å²) in [6.45, 7) is 18.1. The number of ether oxygens (including phenoxy) is 1. The Labute approximate surface area is 203 Å². The van der Waals surface area contributed by atoms with Crippen LogP contribution in [-0.2, 0) is 9.53 Å². The molecule has 9 atom stereocenters. The van der Waals surface area contributed by atoms with E-state index < -0.39 is 5.60 Å². The summed E-state index contributed by atoms with van der Waals surface area (Å²) >= 11 is 0. The lowest BCUT2D eigenvalue weighted by Crippen LogP contribution is -2.64. The molecule has 0 aliphatic heterocycles. The Hall–Kier alpha value is -0.830. The summed E-state index contributed by atoms with van der Waals surface area (Å²) in [6, 6.07) is 0. The van der Waals surface area contributed by atoms with Crippen LogP contribution in [0.5, 0.6) is 0 Å². The molecule has 0 aromatic heterocycles. The van der Waals surface area contributed by atoms with Crippen molar-refractivity contribution in [2.75, 3.05) is 0 Å². The predicted octanol–water partition coefficient (Wildman–Crippen LogP) is 7.32. The molecule has 0 aromatic rings. The molecule has 2 unspecified atom stereocenters. The number of rotatable bonds is 6. The van der Waals surface area contributed by atoms with E-state index in [0.29, 0.717) is 23.7 Å². The van der Waals surface area contributed by atoms with Gasteiger partial charge in [-0.05, 0) is 91.4 Å². The average Bonchev–Trinajstić information content (AvgIpc) is 3.07. The Morgan fingerprint density at radius 1 is 1.09 bits per heavy atom. The van der Waals surface area contributed by atoms with E-state index in [9.17, 15) is 9.90 Å². The van der Waals surface area contributed by atoms with E-state index in [1.165, 1.54) is 51.9 Å². The van der Waals surface area contributed by atoms with Gasteiger partial charge in [-0.3, -0.25) is 4.79 Å². The maximum absolute atomic E-state index is 12.0. The Morgan fingerprint density at radius 3 is 2.48 bits per heavy atom. The Bertz CT molecular complexity index is 758. The lowest BCUT2D eigenvalue weighted by atomic mass is 9.42. The van der Waals surface area contributed by atoms with Crippen molar-refractivity contribution in [2.45, 2.75) is 124 Å². The quantitative estimate of drug-likeness (QED) is 0.335. The molecule has 3 heteroatoms. The van der Waals surface area contributed by atoms with Crippen LogP contribution in [0.2, 0.25) is 0 Å². The van der Waals surface area contributed by atoms with Gasteiger partial charge in [-0.2, -0.15) is 0 Å². The molecule has 4 rings (SSSR count). The summed E-state index contributed by atoms with van der Waals surface area (Å²) in [6.07, 6.45) is 12.5. The molecule has 188 valence electrons. The molecule has 0 aromatic carbocycles. The fourth-order valence-electron chi connectivity index (χ4n) is 9.55. The standard InChI is InChI=1S/C30H50O3/c1-19(2)9-8-10-20(3)25-11-12-26-24-17-21(4)30(32)18-23(33-22(5)31)13-16-29(30,7)27(24)14-15-28(25,26)6/h19-20,23-27,32H,4,8-18H2,1-3,5-7H3/t20-,23?,24+,25-,26+,27+,28-,29-,30?/m1/s1. The van der Waals surface area contributed by atoms with Crippen molar-refractivity contribution in [2.24, 2.45) is 46.3 Å². The number of carbonyl (C=O) groups excluding carboxylic acids is 1. The van der Waals surface area contributed by atoms with Crippen molar-refractivity contribution in [3.05, 3.63) is 12.2 Å². The topological polar surface area (TPSA) is 46.5 Å². The molecular weight excluding hydrogens is 408 g/mol. The van der Waals surface area contributed by atoms with E-state index in [-0.39, 0.29) is 17.5 Å². The number of fused-ring (bicyclic) bond motifs is 5. The number of hydrogen-bond acceptors (Lipinski definition) is 3. The molecular formula is C30H50O3. The number of hydrogen-bond donors (Lipinski definition) is 1. The number of aliphatic hydroxyl groups is 1. The molecule has 0 heterocycles. The molecule has 4 aliphatic rings. The molecule has 4 saturated carbocycles. The van der Waals surface area contributed by atoms with Crippen LogP contribution in [0.1, 0.15) is 112 Å². The van der Waals surface area contributed by atoms with Gasteiger partial charge < -0.3 is 9.84 Å². The second-order valence-electron chi connectivity index (χ2n) is 13.5. The monoisotopic (exact) mass is 458 g/mol. The fraction of sp³-hybridized carbons (Fsp3) is 0.900. The molecule has 0 radical (unpaired) electrons. The van der Waals surface area contributed by atoms with Crippen molar-refractivity contribution < 1.29 is 14.6 Å². The summed E-state index contributed by atoms with van der Waals surface area (Å²) in [7, 11) is 0. The zero-order valence-corrected chi connectivity index (χ0v) is 22.3. The van der Waals surface area contributed by atoms with Gasteiger partial charge in [0.05, 0.1) is 5.60 Å². The van der Waals surface area contributed by atoms with Crippen molar-refractivity contribution in [1.82, 2.24) is 0 Å². The molecule has 1 N–H and O–H groups in total. The van der Waals surface area contributed by atoms with E-state index >= 15 is 0 Å². The zero-order valence-electron chi connectivity index (χ0n) is 22.3. The van der Waals surface area contributed by atoms with Crippen molar-refractivity contribution in [3.63, 3.8) is 0 Å². The lowest BCUT2D eigenvalue weighted by Gasteiger charge is -2.64. The van der Waals surface area contributed by atoms with Crippen LogP contribution < -0.4 is 0 Å². The van der Waals surface area contributed by atoms with Crippen LogP contribution in [-0.4, -0.2) is 22.8 Å². The molecule has 0 spiro atoms. The minimum Gasteiger partial charge on any atom is -0.462 e. The Kier molecular flexibility index (Phi) is 6.89. The predicted molar refractivity (Wildman–Crippen MR) is 135 cm³/mol. The van der Waals surface area contributed by atoms with Crippen LogP contribution >= 0.6 is 0 Å². The molecule has 4 fully saturated rings. The van der Waals surface area contributed by atoms with E-state index in [2.05, 4.69) is 41.2 Å². The molecule has 0 bridgehead atoms. The molecule has 33 heavy (non-hydrogen) atoms. The first-order valence-corrected chi connectivity index (χ1v) is 14.0. The summed E-state index contributed by atoms with van der Waals surface area (Å²) in [4.78, 5) is 11.6. The van der Waals surface area contributed by atoms with Gasteiger partial charge in [-0.1, -0.05) is 60.5 Å². The first kappa shape index (κ1) is 25.3. The van der Waals surface area contributed by atoms with Gasteiger partial charge >= 0.3 is 5.97 Å². The molecule has 0 saturated heterocycles. The summed E-state index contributed by atoms with van der Waals surface area (Å²) in [5, 5.41) is 12.0. The maximum atomic E-state index is 12.0. The van der Waals surface area contributed by atoms with Gasteiger partial charge in [0.1, 0.15) is 6.10 Å². The maximum Gasteiger partial charge on any atom is 0.302 e. The highest BCUT2D eigenvalue weighted by molar-refractivity contribution is 5.66. The SMILES string of the molecule is C=C1C[C@H]2[C@@H]3CC[C@H]([C@H](C)CCCC(C)C)[C@@]3(C)CC[C@@H]2[C@@]2(C)CCC(OC(C)=O)CC12O. The van der Waals surface area contributed by atoms with E-state index in [1.807, 2.05) is 0 Å². The summed E-state index contributed by atoms with van der Waals surface area (Å²) in [5.41, 5.74) is 0.411. The van der Waals surface area contributed by atoms with Crippen LogP contribution in [0.4, 0.5) is 0 Å². The highest BCUT2D eigenvalue weighted by Crippen LogP contribution is 2.70. The van der Waals surface area contributed by atoms with E-state index in [1.54, 1.807) is 0 Å². The highest BCUT2D eigenvalue weighted by atomic mass is 16.5. The minimum absolute atomic E-state index is 0.147. The lowest BCUT2D eigenvalue weighted by molar-refractivity contribution is -0.199. The molecule has 4 aliphatic carbocycles. The fourth-order valence-corrected chi connectivity index (χ4v) is 9.55. The van der Waals surface area contributed by atoms with Crippen molar-refractivity contribution >= 4 is 5.97 Å². The summed E-state index contributed by atoms with van der Waals surface area (Å²) < 4.78 is 5.57. The van der Waals surface area contributed by atoms with E-state index in [4.69, 9.17) is 4.74 Å². The van der Waals surface area contributed by atoms with Gasteiger partial charge in [0.15, 0.2) is 0 Å². The van der Waals surface area contributed by atoms with Gasteiger partial charge in [-0.15, -0.1) is 0 Å². The third kappa shape index (κ3) is 4.13. The average molecular weight is 459 g/mol. The van der Waals surface area contributed by atoms with Crippen molar-refractivity contribution in [1.29, 1.82) is 0 Å². The smallest absolute Gasteiger partial charge is 0.302 e. The third-order valence-electron chi connectivity index (χ3n) is 11.3. The van der Waals surface area contributed by atoms with Gasteiger partial charge in [-0.25, -0.2) is 0 Å². The second kappa shape index (κ2) is 8.99. The van der Waals surface area contributed by atoms with Crippen LogP contribution in [0.15, 0.2) is 12.2 Å². The first-order valence-electron chi connectivity index (χ1n) is 14.0. The van der Waals surface area contributed by atoms with Crippen LogP contribution in [0.25, 0.3) is 0 Å². The highest BCUT2D eigenvalue weighted by Gasteiger charge is 2.66. The number of esters is 1. The van der Waals surface area contributed by atoms with Crippen molar-refractivity contribution in [3.8, 4) is 0 Å². The molecule has 3 nitrogen and oxygen atoms in total. The largest absolute Gasteiger partial charge is 0.462 e. The van der Waals surface area contributed by atoms with Gasteiger partial charge in [0, 0.05) is 18.8 Å². The van der Waals surface area contributed by atoms with Gasteiger partial charge in [0.25, 0.3) is 0 Å². The Morgan fingerprint density at radius 2 is 1.82 bits per heavy atom. The summed E-state index contributed by atoms with van der Waals surface area (Å²) in [5.74, 6) is 4.20. The van der Waals surface area contributed by atoms with Crippen LogP contribution in [0.3, 0.4) is 0 Å². The first-order chi connectivity index (χ1) is 15.4. The minimum atomic E-state index is -0.900.